The van der Waals surface area contributed by atoms with Crippen LogP contribution >= 0.6 is 11.3 Å². The topological polar surface area (TPSA) is 42.0 Å². The number of hydrogen-bond acceptors (Lipinski definition) is 3. The second-order valence-corrected chi connectivity index (χ2v) is 9.00. The summed E-state index contributed by atoms with van der Waals surface area (Å²) in [6.07, 6.45) is 2.75. The van der Waals surface area contributed by atoms with Gasteiger partial charge < -0.3 is 0 Å². The molecule has 0 aliphatic rings. The number of nitrogens with zero attached hydrogens (tertiary/aromatic N) is 1. The van der Waals surface area contributed by atoms with Gasteiger partial charge in [0.05, 0.1) is 20.7 Å². The summed E-state index contributed by atoms with van der Waals surface area (Å²) in [5.41, 5.74) is 0.0682. The van der Waals surface area contributed by atoms with Gasteiger partial charge in [0.15, 0.2) is 0 Å². The van der Waals surface area contributed by atoms with Gasteiger partial charge >= 0.3 is 0 Å². The van der Waals surface area contributed by atoms with Crippen molar-refractivity contribution in [3.8, 4) is 0 Å². The summed E-state index contributed by atoms with van der Waals surface area (Å²) in [6.45, 7) is 11.0. The first kappa shape index (κ1) is 14.8. The highest BCUT2D eigenvalue weighted by molar-refractivity contribution is 7.84. The summed E-state index contributed by atoms with van der Waals surface area (Å²) in [6, 6.07) is 0. The molecule has 0 saturated carbocycles. The van der Waals surface area contributed by atoms with Crippen LogP contribution in [0, 0.1) is 5.41 Å². The molecule has 0 saturated heterocycles. The first-order valence-electron chi connectivity index (χ1n) is 5.74. The van der Waals surface area contributed by atoms with Gasteiger partial charge in [0.25, 0.3) is 0 Å². The molecule has 1 aromatic heterocycles. The SMILES string of the molecule is CC(C)(CNS(=O)C(C)(C)C)Cc1nccs1. The standard InChI is InChI=1S/C12H22N2OS2/c1-11(2,3)17(15)14-9-12(4,5)8-10-13-6-7-16-10/h6-7,14H,8-9H2,1-5H3. The molecule has 1 heterocycles. The lowest BCUT2D eigenvalue weighted by Gasteiger charge is -2.26. The Labute approximate surface area is 111 Å². The first-order valence-corrected chi connectivity index (χ1v) is 7.77. The molecule has 0 spiro atoms. The molecule has 1 unspecified atom stereocenters. The van der Waals surface area contributed by atoms with Crippen LogP contribution in [0.5, 0.6) is 0 Å². The zero-order chi connectivity index (χ0) is 13.1. The highest BCUT2D eigenvalue weighted by atomic mass is 32.2. The van der Waals surface area contributed by atoms with Gasteiger partial charge in [-0.1, -0.05) is 13.8 Å². The van der Waals surface area contributed by atoms with Crippen molar-refractivity contribution in [3.05, 3.63) is 16.6 Å². The zero-order valence-corrected chi connectivity index (χ0v) is 12.9. The molecule has 1 N–H and O–H groups in total. The van der Waals surface area contributed by atoms with Crippen molar-refractivity contribution in [3.63, 3.8) is 0 Å². The normalized spacial score (nSPS) is 14.9. The lowest BCUT2D eigenvalue weighted by molar-refractivity contribution is 0.362. The van der Waals surface area contributed by atoms with Gasteiger partial charge in [-0.05, 0) is 26.2 Å². The van der Waals surface area contributed by atoms with Crippen LogP contribution in [0.2, 0.25) is 0 Å². The van der Waals surface area contributed by atoms with E-state index in [1.165, 1.54) is 0 Å². The highest BCUT2D eigenvalue weighted by Crippen LogP contribution is 2.22. The fraction of sp³-hybridized carbons (Fsp3) is 0.750. The van der Waals surface area contributed by atoms with Crippen molar-refractivity contribution in [1.82, 2.24) is 9.71 Å². The van der Waals surface area contributed by atoms with Crippen molar-refractivity contribution in [2.75, 3.05) is 6.54 Å². The first-order chi connectivity index (χ1) is 7.71. The molecule has 0 radical (unpaired) electrons. The van der Waals surface area contributed by atoms with Crippen LogP contribution in [0.1, 0.15) is 39.6 Å². The monoisotopic (exact) mass is 274 g/mol. The predicted octanol–water partition coefficient (Wildman–Crippen LogP) is 2.76. The van der Waals surface area contributed by atoms with Gasteiger partial charge in [-0.2, -0.15) is 0 Å². The van der Waals surface area contributed by atoms with Gasteiger partial charge in [-0.15, -0.1) is 11.3 Å². The Morgan fingerprint density at radius 3 is 2.47 bits per heavy atom. The minimum Gasteiger partial charge on any atom is -0.250 e. The summed E-state index contributed by atoms with van der Waals surface area (Å²) in [5.74, 6) is 0. The van der Waals surface area contributed by atoms with Crippen molar-refractivity contribution >= 4 is 22.3 Å². The van der Waals surface area contributed by atoms with Crippen LogP contribution in [0.15, 0.2) is 11.6 Å². The molecule has 0 bridgehead atoms. The maximum absolute atomic E-state index is 11.9. The Kier molecular flexibility index (Phi) is 4.86. The van der Waals surface area contributed by atoms with E-state index in [-0.39, 0.29) is 10.2 Å². The molecule has 1 aromatic rings. The minimum absolute atomic E-state index is 0.0682. The van der Waals surface area contributed by atoms with E-state index < -0.39 is 11.0 Å². The summed E-state index contributed by atoms with van der Waals surface area (Å²) < 4.78 is 14.8. The molecular formula is C12H22N2OS2. The summed E-state index contributed by atoms with van der Waals surface area (Å²) >= 11 is 1.67. The van der Waals surface area contributed by atoms with Crippen LogP contribution in [0.25, 0.3) is 0 Å². The van der Waals surface area contributed by atoms with Crippen LogP contribution in [0.3, 0.4) is 0 Å². The average molecular weight is 274 g/mol. The van der Waals surface area contributed by atoms with Gasteiger partial charge in [-0.3, -0.25) is 0 Å². The number of aromatic nitrogens is 1. The molecular weight excluding hydrogens is 252 g/mol. The number of rotatable bonds is 5. The summed E-state index contributed by atoms with van der Waals surface area (Å²) in [7, 11) is -0.999. The van der Waals surface area contributed by atoms with Crippen LogP contribution < -0.4 is 4.72 Å². The molecule has 0 aliphatic heterocycles. The number of nitrogens with one attached hydrogen (secondary N) is 1. The molecule has 3 nitrogen and oxygen atoms in total. The third-order valence-electron chi connectivity index (χ3n) is 2.35. The summed E-state index contributed by atoms with van der Waals surface area (Å²) in [4.78, 5) is 4.29. The van der Waals surface area contributed by atoms with Gasteiger partial charge in [0.2, 0.25) is 0 Å². The van der Waals surface area contributed by atoms with E-state index >= 15 is 0 Å². The Morgan fingerprint density at radius 1 is 1.35 bits per heavy atom. The molecule has 17 heavy (non-hydrogen) atoms. The highest BCUT2D eigenvalue weighted by Gasteiger charge is 2.24. The Hall–Kier alpha value is -0.260. The Balaban J connectivity index is 2.47. The summed E-state index contributed by atoms with van der Waals surface area (Å²) in [5, 5.41) is 3.13. The van der Waals surface area contributed by atoms with E-state index in [2.05, 4.69) is 23.6 Å². The quantitative estimate of drug-likeness (QED) is 0.897. The van der Waals surface area contributed by atoms with E-state index in [1.54, 1.807) is 11.3 Å². The van der Waals surface area contributed by atoms with Crippen LogP contribution in [-0.2, 0) is 17.4 Å². The second-order valence-electron chi connectivity index (χ2n) is 5.97. The zero-order valence-electron chi connectivity index (χ0n) is 11.2. The van der Waals surface area contributed by atoms with Gasteiger partial charge in [0, 0.05) is 24.5 Å². The average Bonchev–Trinajstić information content (AvgIpc) is 2.64. The van der Waals surface area contributed by atoms with E-state index in [4.69, 9.17) is 0 Å². The third kappa shape index (κ3) is 5.27. The minimum atomic E-state index is -0.999. The van der Waals surface area contributed by atoms with Crippen molar-refractivity contribution in [2.24, 2.45) is 5.41 Å². The molecule has 98 valence electrons. The predicted molar refractivity (Wildman–Crippen MR) is 75.5 cm³/mol. The largest absolute Gasteiger partial charge is 0.250 e. The van der Waals surface area contributed by atoms with Crippen molar-refractivity contribution in [2.45, 2.75) is 45.8 Å². The van der Waals surface area contributed by atoms with Crippen molar-refractivity contribution in [1.29, 1.82) is 0 Å². The molecule has 1 rings (SSSR count). The molecule has 0 fully saturated rings. The third-order valence-corrected chi connectivity index (χ3v) is 4.65. The van der Waals surface area contributed by atoms with Crippen LogP contribution in [0.4, 0.5) is 0 Å². The lowest BCUT2D eigenvalue weighted by atomic mass is 9.90. The molecule has 0 aliphatic carbocycles. The maximum Gasteiger partial charge on any atom is 0.0970 e. The van der Waals surface area contributed by atoms with Crippen molar-refractivity contribution < 1.29 is 4.21 Å². The van der Waals surface area contributed by atoms with E-state index in [0.717, 1.165) is 18.0 Å². The van der Waals surface area contributed by atoms with Gasteiger partial charge in [-0.25, -0.2) is 13.9 Å². The van der Waals surface area contributed by atoms with Crippen LogP contribution in [-0.4, -0.2) is 20.5 Å². The fourth-order valence-electron chi connectivity index (χ4n) is 1.29. The van der Waals surface area contributed by atoms with Gasteiger partial charge in [0.1, 0.15) is 0 Å². The Morgan fingerprint density at radius 2 is 2.00 bits per heavy atom. The molecule has 0 aromatic carbocycles. The molecule has 1 atom stereocenters. The number of thiazole rings is 1. The smallest absolute Gasteiger partial charge is 0.0970 e. The second kappa shape index (κ2) is 5.59. The lowest BCUT2D eigenvalue weighted by Crippen LogP contribution is -2.39. The molecule has 0 amide bonds. The fourth-order valence-corrected chi connectivity index (χ4v) is 3.12. The molecule has 5 heteroatoms. The number of hydrogen-bond donors (Lipinski definition) is 1. The Bertz CT molecular complexity index is 366. The van der Waals surface area contributed by atoms with E-state index in [9.17, 15) is 4.21 Å². The maximum atomic E-state index is 11.9. The van der Waals surface area contributed by atoms with E-state index in [0.29, 0.717) is 0 Å². The van der Waals surface area contributed by atoms with E-state index in [1.807, 2.05) is 32.3 Å².